The molecule has 5 rings (SSSR count). The van der Waals surface area contributed by atoms with Crippen molar-refractivity contribution in [2.75, 3.05) is 4.90 Å². The summed E-state index contributed by atoms with van der Waals surface area (Å²) in [5, 5.41) is 12.7. The highest BCUT2D eigenvalue weighted by Gasteiger charge is 2.27. The Morgan fingerprint density at radius 3 is 2.46 bits per heavy atom. The third-order valence-electron chi connectivity index (χ3n) is 7.51. The van der Waals surface area contributed by atoms with Gasteiger partial charge in [0, 0.05) is 23.5 Å². The van der Waals surface area contributed by atoms with Crippen LogP contribution in [0.15, 0.2) is 53.9 Å². The second kappa shape index (κ2) is 10.8. The molecule has 2 aliphatic carbocycles. The molecule has 0 atom stereocenters. The summed E-state index contributed by atoms with van der Waals surface area (Å²) in [6.45, 7) is 2.89. The van der Waals surface area contributed by atoms with E-state index in [9.17, 15) is 9.90 Å². The molecule has 184 valence electrons. The Balaban J connectivity index is 1.33. The van der Waals surface area contributed by atoms with Crippen LogP contribution in [0.4, 0.5) is 5.13 Å². The third-order valence-corrected chi connectivity index (χ3v) is 8.39. The van der Waals surface area contributed by atoms with Crippen molar-refractivity contribution in [3.05, 3.63) is 65.0 Å². The van der Waals surface area contributed by atoms with Crippen LogP contribution in [0.2, 0.25) is 0 Å². The summed E-state index contributed by atoms with van der Waals surface area (Å²) in [6, 6.07) is 16.0. The molecular formula is C29H34N2O3S. The number of benzene rings is 2. The summed E-state index contributed by atoms with van der Waals surface area (Å²) in [5.74, 6) is 0.871. The van der Waals surface area contributed by atoms with E-state index in [0.717, 1.165) is 59.3 Å². The van der Waals surface area contributed by atoms with Gasteiger partial charge in [-0.15, -0.1) is 11.3 Å². The van der Waals surface area contributed by atoms with E-state index in [4.69, 9.17) is 9.72 Å². The number of hydrogen-bond donors (Lipinski definition) is 1. The van der Waals surface area contributed by atoms with Gasteiger partial charge in [-0.05, 0) is 80.3 Å². The lowest BCUT2D eigenvalue weighted by Crippen LogP contribution is -2.33. The maximum absolute atomic E-state index is 11.8. The zero-order chi connectivity index (χ0) is 24.2. The van der Waals surface area contributed by atoms with E-state index in [2.05, 4.69) is 41.5 Å². The zero-order valence-corrected chi connectivity index (χ0v) is 21.2. The van der Waals surface area contributed by atoms with E-state index in [1.807, 2.05) is 12.1 Å². The van der Waals surface area contributed by atoms with Crippen molar-refractivity contribution in [1.29, 1.82) is 0 Å². The van der Waals surface area contributed by atoms with Gasteiger partial charge in [0.05, 0.1) is 17.4 Å². The number of hydrogen-bond acceptors (Lipinski definition) is 5. The summed E-state index contributed by atoms with van der Waals surface area (Å²) in [4.78, 5) is 19.1. The Morgan fingerprint density at radius 2 is 1.74 bits per heavy atom. The first-order valence-electron chi connectivity index (χ1n) is 12.9. The minimum Gasteiger partial charge on any atom is -0.490 e. The highest BCUT2D eigenvalue weighted by atomic mass is 32.1. The molecule has 1 N–H and O–H groups in total. The van der Waals surface area contributed by atoms with Gasteiger partial charge in [0.25, 0.3) is 0 Å². The van der Waals surface area contributed by atoms with Gasteiger partial charge in [-0.25, -0.2) is 9.78 Å². The lowest BCUT2D eigenvalue weighted by molar-refractivity contribution is 0.0695. The SMILES string of the molecule is CC1CCC(Oc2ccc(-c3csc(N(Cc4ccccc4C(=O)O)C4CCCC4)n3)cc2)CC1. The van der Waals surface area contributed by atoms with Crippen LogP contribution in [-0.4, -0.2) is 28.2 Å². The molecule has 1 heterocycles. The fraction of sp³-hybridized carbons (Fsp3) is 0.448. The van der Waals surface area contributed by atoms with Gasteiger partial charge in [0.2, 0.25) is 0 Å². The van der Waals surface area contributed by atoms with Crippen LogP contribution in [0.25, 0.3) is 11.3 Å². The largest absolute Gasteiger partial charge is 0.490 e. The van der Waals surface area contributed by atoms with Crippen LogP contribution in [0.5, 0.6) is 5.75 Å². The Bertz CT molecular complexity index is 1130. The summed E-state index contributed by atoms with van der Waals surface area (Å²) in [7, 11) is 0. The van der Waals surface area contributed by atoms with Crippen molar-refractivity contribution in [3.63, 3.8) is 0 Å². The molecule has 0 unspecified atom stereocenters. The second-order valence-corrected chi connectivity index (χ2v) is 10.9. The summed E-state index contributed by atoms with van der Waals surface area (Å²) in [6.07, 6.45) is 9.77. The predicted octanol–water partition coefficient (Wildman–Crippen LogP) is 7.42. The van der Waals surface area contributed by atoms with Gasteiger partial charge < -0.3 is 14.7 Å². The Hall–Kier alpha value is -2.86. The quantitative estimate of drug-likeness (QED) is 0.356. The number of ether oxygens (including phenoxy) is 1. The monoisotopic (exact) mass is 490 g/mol. The maximum Gasteiger partial charge on any atom is 0.336 e. The molecule has 2 aromatic carbocycles. The fourth-order valence-corrected chi connectivity index (χ4v) is 6.30. The molecule has 1 aromatic heterocycles. The van der Waals surface area contributed by atoms with E-state index < -0.39 is 5.97 Å². The van der Waals surface area contributed by atoms with E-state index in [-0.39, 0.29) is 0 Å². The molecule has 2 saturated carbocycles. The van der Waals surface area contributed by atoms with Gasteiger partial charge in [0.15, 0.2) is 5.13 Å². The lowest BCUT2D eigenvalue weighted by atomic mass is 9.89. The molecule has 6 heteroatoms. The van der Waals surface area contributed by atoms with Crippen molar-refractivity contribution in [1.82, 2.24) is 4.98 Å². The lowest BCUT2D eigenvalue weighted by Gasteiger charge is -2.29. The van der Waals surface area contributed by atoms with E-state index in [1.165, 1.54) is 25.7 Å². The average Bonchev–Trinajstić information content (AvgIpc) is 3.58. The van der Waals surface area contributed by atoms with Crippen LogP contribution >= 0.6 is 11.3 Å². The predicted molar refractivity (Wildman–Crippen MR) is 141 cm³/mol. The van der Waals surface area contributed by atoms with Crippen LogP contribution in [0.3, 0.4) is 0 Å². The molecule has 2 fully saturated rings. The Labute approximate surface area is 211 Å². The van der Waals surface area contributed by atoms with Gasteiger partial charge in [-0.2, -0.15) is 0 Å². The summed E-state index contributed by atoms with van der Waals surface area (Å²) < 4.78 is 6.23. The van der Waals surface area contributed by atoms with Crippen LogP contribution in [0, 0.1) is 5.92 Å². The minimum absolute atomic E-state index is 0.330. The van der Waals surface area contributed by atoms with Gasteiger partial charge >= 0.3 is 5.97 Å². The van der Waals surface area contributed by atoms with E-state index >= 15 is 0 Å². The van der Waals surface area contributed by atoms with Crippen molar-refractivity contribution >= 4 is 22.4 Å². The molecule has 0 aliphatic heterocycles. The number of thiazole rings is 1. The molecule has 0 amide bonds. The molecule has 35 heavy (non-hydrogen) atoms. The Morgan fingerprint density at radius 1 is 1.03 bits per heavy atom. The van der Waals surface area contributed by atoms with Crippen molar-refractivity contribution in [3.8, 4) is 17.0 Å². The molecule has 0 spiro atoms. The molecule has 3 aromatic rings. The van der Waals surface area contributed by atoms with E-state index in [1.54, 1.807) is 23.5 Å². The average molecular weight is 491 g/mol. The molecule has 0 radical (unpaired) electrons. The van der Waals surface area contributed by atoms with Crippen LogP contribution < -0.4 is 9.64 Å². The molecule has 0 bridgehead atoms. The summed E-state index contributed by atoms with van der Waals surface area (Å²) >= 11 is 1.64. The van der Waals surface area contributed by atoms with Crippen LogP contribution in [0.1, 0.15) is 74.2 Å². The Kier molecular flexibility index (Phi) is 7.37. The number of carbonyl (C=O) groups is 1. The number of rotatable bonds is 8. The first-order valence-corrected chi connectivity index (χ1v) is 13.8. The van der Waals surface area contributed by atoms with Crippen LogP contribution in [-0.2, 0) is 6.54 Å². The number of anilines is 1. The first kappa shape index (κ1) is 23.9. The van der Waals surface area contributed by atoms with Gasteiger partial charge in [-0.1, -0.05) is 38.0 Å². The molecule has 0 saturated heterocycles. The topological polar surface area (TPSA) is 62.7 Å². The number of aromatic nitrogens is 1. The minimum atomic E-state index is -0.878. The van der Waals surface area contributed by atoms with Gasteiger partial charge in [-0.3, -0.25) is 0 Å². The van der Waals surface area contributed by atoms with Crippen molar-refractivity contribution in [2.45, 2.75) is 77.0 Å². The summed E-state index contributed by atoms with van der Waals surface area (Å²) in [5.41, 5.74) is 3.24. The normalized spacial score (nSPS) is 20.6. The molecule has 2 aliphatic rings. The first-order chi connectivity index (χ1) is 17.1. The fourth-order valence-electron chi connectivity index (χ4n) is 5.39. The molecule has 5 nitrogen and oxygen atoms in total. The number of carboxylic acids is 1. The number of carboxylic acid groups (broad SMARTS) is 1. The highest BCUT2D eigenvalue weighted by Crippen LogP contribution is 2.35. The van der Waals surface area contributed by atoms with Crippen molar-refractivity contribution in [2.24, 2.45) is 5.92 Å². The molecular weight excluding hydrogens is 456 g/mol. The smallest absolute Gasteiger partial charge is 0.336 e. The third kappa shape index (κ3) is 5.69. The second-order valence-electron chi connectivity index (χ2n) is 10.1. The highest BCUT2D eigenvalue weighted by molar-refractivity contribution is 7.14. The number of aromatic carboxylic acids is 1. The number of nitrogens with zero attached hydrogens (tertiary/aromatic N) is 2. The van der Waals surface area contributed by atoms with Crippen molar-refractivity contribution < 1.29 is 14.6 Å². The van der Waals surface area contributed by atoms with E-state index in [0.29, 0.717) is 24.3 Å². The van der Waals surface area contributed by atoms with Gasteiger partial charge in [0.1, 0.15) is 5.75 Å². The zero-order valence-electron chi connectivity index (χ0n) is 20.4. The maximum atomic E-state index is 11.8. The standard InChI is InChI=1S/C29H34N2O3S/c1-20-10-14-24(15-11-20)34-25-16-12-21(13-17-25)27-19-35-29(30-27)31(23-7-3-4-8-23)18-22-6-2-5-9-26(22)28(32)33/h2,5-6,9,12-13,16-17,19-20,23-24H,3-4,7-8,10-11,14-15,18H2,1H3,(H,32,33).